The van der Waals surface area contributed by atoms with Crippen LogP contribution in [0.2, 0.25) is 11.4 Å². The Hall–Kier alpha value is -0.482. The van der Waals surface area contributed by atoms with E-state index in [4.69, 9.17) is 0 Å². The van der Waals surface area contributed by atoms with Gasteiger partial charge in [-0.3, -0.25) is 0 Å². The zero-order valence-corrected chi connectivity index (χ0v) is 9.62. The van der Waals surface area contributed by atoms with E-state index in [0.717, 1.165) is 6.42 Å². The second-order valence-electron chi connectivity index (χ2n) is 3.05. The molecule has 0 spiro atoms. The van der Waals surface area contributed by atoms with Crippen molar-refractivity contribution < 1.29 is 0 Å². The number of hydrogen-bond acceptors (Lipinski definition) is 0. The first-order valence-electron chi connectivity index (χ1n) is 4.11. The molecule has 0 saturated heterocycles. The third kappa shape index (κ3) is 2.53. The number of allylic oxidation sites excluding steroid dienone is 1. The second kappa shape index (κ2) is 4.52. The monoisotopic (exact) mass is 222 g/mol. The fourth-order valence-corrected chi connectivity index (χ4v) is 2.66. The summed E-state index contributed by atoms with van der Waals surface area (Å²) in [6.45, 7) is 3.72. The Kier molecular flexibility index (Phi) is 3.62. The van der Waals surface area contributed by atoms with Gasteiger partial charge < -0.3 is 0 Å². The van der Waals surface area contributed by atoms with E-state index in [9.17, 15) is 0 Å². The SMILES string of the molecule is C=CCc1ccc([As](C)C)cc1. The Balaban J connectivity index is 2.78. The molecule has 0 bridgehead atoms. The molecule has 0 nitrogen and oxygen atoms in total. The first-order chi connectivity index (χ1) is 5.74. The molecule has 1 aromatic carbocycles. The van der Waals surface area contributed by atoms with E-state index in [-0.39, 0.29) is 0 Å². The van der Waals surface area contributed by atoms with Crippen LogP contribution in [0.3, 0.4) is 0 Å². The standard InChI is InChI=1S/C11H15As/c1-4-5-10-6-8-11(9-7-10)12(2)3/h4,6-9H,1,5H2,2-3H3. The van der Waals surface area contributed by atoms with E-state index in [2.05, 4.69) is 42.3 Å². The molecule has 0 amide bonds. The van der Waals surface area contributed by atoms with Gasteiger partial charge in [0, 0.05) is 0 Å². The van der Waals surface area contributed by atoms with E-state index in [0.29, 0.717) is 0 Å². The molecule has 0 fully saturated rings. The molecule has 0 saturated carbocycles. The van der Waals surface area contributed by atoms with Crippen LogP contribution in [0.1, 0.15) is 5.56 Å². The van der Waals surface area contributed by atoms with E-state index < -0.39 is 14.7 Å². The Morgan fingerprint density at radius 2 is 1.83 bits per heavy atom. The van der Waals surface area contributed by atoms with Gasteiger partial charge in [-0.05, 0) is 0 Å². The maximum absolute atomic E-state index is 3.72. The van der Waals surface area contributed by atoms with Gasteiger partial charge in [0.15, 0.2) is 0 Å². The van der Waals surface area contributed by atoms with Crippen molar-refractivity contribution in [2.75, 3.05) is 0 Å². The van der Waals surface area contributed by atoms with Crippen LogP contribution in [0.25, 0.3) is 0 Å². The number of rotatable bonds is 3. The van der Waals surface area contributed by atoms with Crippen LogP contribution in [0.5, 0.6) is 0 Å². The molecular weight excluding hydrogens is 207 g/mol. The number of hydrogen-bond donors (Lipinski definition) is 0. The van der Waals surface area contributed by atoms with Gasteiger partial charge in [-0.2, -0.15) is 0 Å². The summed E-state index contributed by atoms with van der Waals surface area (Å²) in [6, 6.07) is 8.95. The Morgan fingerprint density at radius 1 is 1.25 bits per heavy atom. The summed E-state index contributed by atoms with van der Waals surface area (Å²) in [4.78, 5) is 0. The van der Waals surface area contributed by atoms with Crippen LogP contribution in [-0.4, -0.2) is 14.7 Å². The summed E-state index contributed by atoms with van der Waals surface area (Å²) < 4.78 is 1.55. The summed E-state index contributed by atoms with van der Waals surface area (Å²) in [5, 5.41) is 0. The fraction of sp³-hybridized carbons (Fsp3) is 0.273. The van der Waals surface area contributed by atoms with Crippen molar-refractivity contribution in [3.63, 3.8) is 0 Å². The summed E-state index contributed by atoms with van der Waals surface area (Å²) in [5.41, 5.74) is 6.08. The van der Waals surface area contributed by atoms with Crippen molar-refractivity contribution in [3.05, 3.63) is 42.5 Å². The molecule has 1 rings (SSSR count). The second-order valence-corrected chi connectivity index (χ2v) is 7.89. The van der Waals surface area contributed by atoms with Crippen LogP contribution in [0, 0.1) is 0 Å². The predicted molar refractivity (Wildman–Crippen MR) is 57.5 cm³/mol. The van der Waals surface area contributed by atoms with Crippen molar-refractivity contribution >= 4 is 19.0 Å². The van der Waals surface area contributed by atoms with Gasteiger partial charge in [-0.25, -0.2) is 0 Å². The third-order valence-corrected chi connectivity index (χ3v) is 4.63. The summed E-state index contributed by atoms with van der Waals surface area (Å²) in [7, 11) is 0. The van der Waals surface area contributed by atoms with Crippen molar-refractivity contribution in [1.82, 2.24) is 0 Å². The topological polar surface area (TPSA) is 0 Å². The molecule has 0 N–H and O–H groups in total. The average Bonchev–Trinajstić information content (AvgIpc) is 2.06. The average molecular weight is 222 g/mol. The van der Waals surface area contributed by atoms with Crippen molar-refractivity contribution in [1.29, 1.82) is 0 Å². The molecule has 0 unspecified atom stereocenters. The van der Waals surface area contributed by atoms with Crippen molar-refractivity contribution in [2.45, 2.75) is 17.8 Å². The fourth-order valence-electron chi connectivity index (χ4n) is 1.10. The van der Waals surface area contributed by atoms with Crippen LogP contribution < -0.4 is 4.35 Å². The zero-order valence-electron chi connectivity index (χ0n) is 7.75. The van der Waals surface area contributed by atoms with E-state index in [1.165, 1.54) is 5.56 Å². The molecule has 12 heavy (non-hydrogen) atoms. The van der Waals surface area contributed by atoms with Crippen LogP contribution in [0.4, 0.5) is 0 Å². The molecule has 0 aromatic heterocycles. The molecule has 0 atom stereocenters. The van der Waals surface area contributed by atoms with Crippen LogP contribution in [-0.2, 0) is 6.42 Å². The Labute approximate surface area is 79.6 Å². The molecule has 0 aliphatic heterocycles. The van der Waals surface area contributed by atoms with Crippen molar-refractivity contribution in [2.24, 2.45) is 0 Å². The third-order valence-electron chi connectivity index (χ3n) is 1.83. The Morgan fingerprint density at radius 3 is 2.25 bits per heavy atom. The first-order valence-corrected chi connectivity index (χ1v) is 8.80. The van der Waals surface area contributed by atoms with Crippen molar-refractivity contribution in [3.8, 4) is 0 Å². The minimum absolute atomic E-state index is 0.656. The summed E-state index contributed by atoms with van der Waals surface area (Å²) in [5.74, 6) is 0. The quantitative estimate of drug-likeness (QED) is 0.544. The van der Waals surface area contributed by atoms with E-state index >= 15 is 0 Å². The molecule has 0 heterocycles. The van der Waals surface area contributed by atoms with E-state index in [1.54, 1.807) is 4.35 Å². The van der Waals surface area contributed by atoms with Gasteiger partial charge in [-0.15, -0.1) is 0 Å². The van der Waals surface area contributed by atoms with Gasteiger partial charge in [0.05, 0.1) is 0 Å². The number of benzene rings is 1. The molecule has 0 aliphatic carbocycles. The molecule has 1 heteroatoms. The van der Waals surface area contributed by atoms with Gasteiger partial charge in [0.2, 0.25) is 0 Å². The van der Waals surface area contributed by atoms with Gasteiger partial charge in [0.1, 0.15) is 0 Å². The molecular formula is C11H15As. The molecule has 0 aliphatic rings. The summed E-state index contributed by atoms with van der Waals surface area (Å²) >= 11 is -0.656. The maximum atomic E-state index is 3.72. The molecule has 64 valence electrons. The van der Waals surface area contributed by atoms with Gasteiger partial charge >= 0.3 is 79.3 Å². The predicted octanol–water partition coefficient (Wildman–Crippen LogP) is 2.38. The van der Waals surface area contributed by atoms with Crippen LogP contribution >= 0.6 is 0 Å². The Bertz CT molecular complexity index is 246. The van der Waals surface area contributed by atoms with Crippen LogP contribution in [0.15, 0.2) is 36.9 Å². The van der Waals surface area contributed by atoms with Gasteiger partial charge in [0.25, 0.3) is 0 Å². The first kappa shape index (κ1) is 9.61. The zero-order chi connectivity index (χ0) is 8.97. The molecule has 1 aromatic rings. The minimum atomic E-state index is -0.656. The normalized spacial score (nSPS) is 10.2. The summed E-state index contributed by atoms with van der Waals surface area (Å²) in [6.07, 6.45) is 2.93. The van der Waals surface area contributed by atoms with E-state index in [1.807, 2.05) is 6.08 Å². The molecule has 0 radical (unpaired) electrons. The van der Waals surface area contributed by atoms with Gasteiger partial charge in [-0.1, -0.05) is 0 Å².